The van der Waals surface area contributed by atoms with Crippen molar-refractivity contribution >= 4 is 29.5 Å². The zero-order valence-electron chi connectivity index (χ0n) is 15.6. The smallest absolute Gasteiger partial charge is 0.327 e. The Balaban J connectivity index is 1.54. The van der Waals surface area contributed by atoms with Crippen LogP contribution in [0.3, 0.4) is 0 Å². The Labute approximate surface area is 157 Å². The maximum absolute atomic E-state index is 12.5. The summed E-state index contributed by atoms with van der Waals surface area (Å²) < 4.78 is 5.09. The number of carbonyl (C=O) groups is 4. The van der Waals surface area contributed by atoms with Crippen molar-refractivity contribution in [1.82, 2.24) is 10.2 Å². The summed E-state index contributed by atoms with van der Waals surface area (Å²) in [7, 11) is 0. The molecular weight excluding hydrogens is 350 g/mol. The van der Waals surface area contributed by atoms with E-state index in [9.17, 15) is 19.2 Å². The van der Waals surface area contributed by atoms with Crippen molar-refractivity contribution in [1.29, 1.82) is 0 Å². The highest BCUT2D eigenvalue weighted by atomic mass is 16.5. The summed E-state index contributed by atoms with van der Waals surface area (Å²) in [5, 5.41) is 5.31. The van der Waals surface area contributed by atoms with E-state index in [0.717, 1.165) is 23.3 Å². The predicted octanol–water partition coefficient (Wildman–Crippen LogP) is 1.59. The minimum atomic E-state index is -1.06. The second-order valence-electron chi connectivity index (χ2n) is 7.29. The van der Waals surface area contributed by atoms with Crippen molar-refractivity contribution in [3.63, 3.8) is 0 Å². The van der Waals surface area contributed by atoms with E-state index < -0.39 is 42.0 Å². The van der Waals surface area contributed by atoms with Gasteiger partial charge in [0.05, 0.1) is 0 Å². The van der Waals surface area contributed by atoms with Crippen molar-refractivity contribution in [3.05, 3.63) is 29.8 Å². The van der Waals surface area contributed by atoms with Crippen LogP contribution in [0.1, 0.15) is 32.3 Å². The minimum absolute atomic E-state index is 0.106. The average molecular weight is 373 g/mol. The lowest BCUT2D eigenvalue weighted by molar-refractivity contribution is -0.155. The number of nitrogens with zero attached hydrogens (tertiary/aromatic N) is 1. The topological polar surface area (TPSA) is 105 Å². The number of esters is 1. The summed E-state index contributed by atoms with van der Waals surface area (Å²) in [6.45, 7) is 4.52. The van der Waals surface area contributed by atoms with E-state index in [-0.39, 0.29) is 5.92 Å². The molecule has 1 heterocycles. The number of imide groups is 1. The number of anilines is 1. The molecule has 1 aromatic rings. The van der Waals surface area contributed by atoms with Crippen LogP contribution in [0, 0.1) is 12.8 Å². The molecule has 0 bridgehead atoms. The summed E-state index contributed by atoms with van der Waals surface area (Å²) in [5.74, 6) is -1.63. The molecule has 2 fully saturated rings. The predicted molar refractivity (Wildman–Crippen MR) is 96.7 cm³/mol. The molecule has 4 amide bonds. The maximum Gasteiger partial charge on any atom is 0.327 e. The van der Waals surface area contributed by atoms with Gasteiger partial charge in [-0.25, -0.2) is 4.79 Å². The summed E-state index contributed by atoms with van der Waals surface area (Å²) in [4.78, 5) is 49.7. The summed E-state index contributed by atoms with van der Waals surface area (Å²) in [6, 6.07) is 6.58. The van der Waals surface area contributed by atoms with E-state index in [1.807, 2.05) is 19.1 Å². The third-order valence-corrected chi connectivity index (χ3v) is 4.98. The highest BCUT2D eigenvalue weighted by Crippen LogP contribution is 2.42. The largest absolute Gasteiger partial charge is 0.451 e. The van der Waals surface area contributed by atoms with Crippen LogP contribution in [0.25, 0.3) is 0 Å². The van der Waals surface area contributed by atoms with Crippen LogP contribution in [0.15, 0.2) is 24.3 Å². The first-order valence-corrected chi connectivity index (χ1v) is 8.92. The van der Waals surface area contributed by atoms with Crippen LogP contribution in [0.5, 0.6) is 0 Å². The first-order chi connectivity index (χ1) is 12.7. The molecular formula is C19H23N3O5. The number of hydrogen-bond donors (Lipinski definition) is 2. The fraction of sp³-hybridized carbons (Fsp3) is 0.474. The minimum Gasteiger partial charge on any atom is -0.451 e. The van der Waals surface area contributed by atoms with Crippen LogP contribution in [0.2, 0.25) is 0 Å². The zero-order chi connectivity index (χ0) is 19.8. The summed E-state index contributed by atoms with van der Waals surface area (Å²) in [6.07, 6.45) is 0.683. The van der Waals surface area contributed by atoms with Crippen molar-refractivity contribution < 1.29 is 23.9 Å². The lowest BCUT2D eigenvalue weighted by Gasteiger charge is -2.21. The number of hydrogen-bond acceptors (Lipinski definition) is 5. The van der Waals surface area contributed by atoms with Crippen molar-refractivity contribution in [3.8, 4) is 0 Å². The zero-order valence-corrected chi connectivity index (χ0v) is 15.6. The molecule has 1 aromatic carbocycles. The number of carbonyl (C=O) groups excluding carboxylic acids is 4. The molecule has 2 aliphatic rings. The third-order valence-electron chi connectivity index (χ3n) is 4.98. The lowest BCUT2D eigenvalue weighted by atomic mass is 9.96. The normalized spacial score (nSPS) is 23.0. The van der Waals surface area contributed by atoms with Gasteiger partial charge in [0.2, 0.25) is 0 Å². The van der Waals surface area contributed by atoms with E-state index in [0.29, 0.717) is 5.69 Å². The van der Waals surface area contributed by atoms with Crippen molar-refractivity contribution in [2.75, 3.05) is 11.9 Å². The number of benzene rings is 1. The van der Waals surface area contributed by atoms with E-state index in [1.54, 1.807) is 19.1 Å². The Hall–Kier alpha value is -2.90. The van der Waals surface area contributed by atoms with Crippen molar-refractivity contribution in [2.24, 2.45) is 5.92 Å². The molecule has 1 saturated heterocycles. The fourth-order valence-corrected chi connectivity index (χ4v) is 3.09. The van der Waals surface area contributed by atoms with Crippen LogP contribution < -0.4 is 10.6 Å². The Morgan fingerprint density at radius 3 is 2.52 bits per heavy atom. The molecule has 0 unspecified atom stereocenters. The van der Waals surface area contributed by atoms with E-state index >= 15 is 0 Å². The molecule has 144 valence electrons. The van der Waals surface area contributed by atoms with Gasteiger partial charge < -0.3 is 15.4 Å². The molecule has 0 spiro atoms. The highest BCUT2D eigenvalue weighted by Gasteiger charge is 2.56. The second-order valence-corrected chi connectivity index (χ2v) is 7.29. The third kappa shape index (κ3) is 3.94. The Kier molecular flexibility index (Phi) is 4.91. The molecule has 3 rings (SSSR count). The molecule has 2 N–H and O–H groups in total. The summed E-state index contributed by atoms with van der Waals surface area (Å²) in [5.41, 5.74) is 0.688. The van der Waals surface area contributed by atoms with Gasteiger partial charge in [-0.1, -0.05) is 17.7 Å². The number of nitrogens with one attached hydrogen (secondary N) is 2. The Morgan fingerprint density at radius 2 is 1.93 bits per heavy atom. The molecule has 2 atom stereocenters. The Bertz CT molecular complexity index is 787. The Morgan fingerprint density at radius 1 is 1.30 bits per heavy atom. The second kappa shape index (κ2) is 7.02. The SMILES string of the molecule is Cc1ccc(NC(=O)[C@H](C)OC(=O)CN2C(=O)N[C@](C)(C3CC3)C2=O)cc1. The monoisotopic (exact) mass is 373 g/mol. The number of amides is 4. The molecule has 8 heteroatoms. The quantitative estimate of drug-likeness (QED) is 0.582. The molecule has 1 aliphatic carbocycles. The van der Waals surface area contributed by atoms with Gasteiger partial charge in [0.25, 0.3) is 11.8 Å². The van der Waals surface area contributed by atoms with Gasteiger partial charge in [-0.15, -0.1) is 0 Å². The highest BCUT2D eigenvalue weighted by molar-refractivity contribution is 6.09. The standard InChI is InChI=1S/C19H23N3O5/c1-11-4-8-14(9-5-11)20-16(24)12(2)27-15(23)10-22-17(25)19(3,13-6-7-13)21-18(22)26/h4-5,8-9,12-13H,6-7,10H2,1-3H3,(H,20,24)(H,21,26)/t12-,19+/m0/s1. The van der Waals surface area contributed by atoms with Gasteiger partial charge in [-0.3, -0.25) is 19.3 Å². The van der Waals surface area contributed by atoms with Crippen LogP contribution >= 0.6 is 0 Å². The van der Waals surface area contributed by atoms with Crippen LogP contribution in [-0.4, -0.2) is 46.9 Å². The van der Waals surface area contributed by atoms with Gasteiger partial charge in [-0.05, 0) is 51.7 Å². The van der Waals surface area contributed by atoms with Gasteiger partial charge in [-0.2, -0.15) is 0 Å². The fourth-order valence-electron chi connectivity index (χ4n) is 3.09. The molecule has 0 radical (unpaired) electrons. The molecule has 0 aromatic heterocycles. The van der Waals surface area contributed by atoms with Gasteiger partial charge >= 0.3 is 12.0 Å². The number of urea groups is 1. The molecule has 8 nitrogen and oxygen atoms in total. The summed E-state index contributed by atoms with van der Waals surface area (Å²) >= 11 is 0. The first-order valence-electron chi connectivity index (χ1n) is 8.92. The number of ether oxygens (including phenoxy) is 1. The van der Waals surface area contributed by atoms with Gasteiger partial charge in [0, 0.05) is 5.69 Å². The van der Waals surface area contributed by atoms with E-state index in [1.165, 1.54) is 6.92 Å². The molecule has 1 saturated carbocycles. The van der Waals surface area contributed by atoms with Gasteiger partial charge in [0.15, 0.2) is 6.10 Å². The average Bonchev–Trinajstić information content (AvgIpc) is 3.43. The van der Waals surface area contributed by atoms with E-state index in [2.05, 4.69) is 10.6 Å². The molecule has 27 heavy (non-hydrogen) atoms. The number of aryl methyl sites for hydroxylation is 1. The van der Waals surface area contributed by atoms with Crippen LogP contribution in [-0.2, 0) is 19.1 Å². The number of rotatable bonds is 6. The lowest BCUT2D eigenvalue weighted by Crippen LogP contribution is -2.46. The molecule has 1 aliphatic heterocycles. The van der Waals surface area contributed by atoms with Gasteiger partial charge in [0.1, 0.15) is 12.1 Å². The van der Waals surface area contributed by atoms with Crippen molar-refractivity contribution in [2.45, 2.75) is 45.3 Å². The van der Waals surface area contributed by atoms with E-state index in [4.69, 9.17) is 4.74 Å². The van der Waals surface area contributed by atoms with Crippen LogP contribution in [0.4, 0.5) is 10.5 Å². The first kappa shape index (κ1) is 18.9. The maximum atomic E-state index is 12.5.